The van der Waals surface area contributed by atoms with E-state index in [-0.39, 0.29) is 30.2 Å². The van der Waals surface area contributed by atoms with Gasteiger partial charge in [-0.3, -0.25) is 14.4 Å². The van der Waals surface area contributed by atoms with Crippen molar-refractivity contribution in [3.05, 3.63) is 71.3 Å². The summed E-state index contributed by atoms with van der Waals surface area (Å²) >= 11 is 0. The topological polar surface area (TPSA) is 83.7 Å². The normalized spacial score (nSPS) is 24.7. The summed E-state index contributed by atoms with van der Waals surface area (Å²) in [4.78, 5) is 43.2. The van der Waals surface area contributed by atoms with E-state index in [2.05, 4.69) is 0 Å². The molecule has 0 unspecified atom stereocenters. The maximum absolute atomic E-state index is 13.5. The van der Waals surface area contributed by atoms with Crippen molar-refractivity contribution in [3.63, 3.8) is 0 Å². The summed E-state index contributed by atoms with van der Waals surface area (Å²) in [5.74, 6) is -0.479. The van der Waals surface area contributed by atoms with E-state index >= 15 is 0 Å². The minimum Gasteiger partial charge on any atom is -0.338 e. The molecule has 1 fully saturated rings. The molecular formula is C23H25N3O3. The maximum atomic E-state index is 13.5. The molecule has 0 aliphatic carbocycles. The van der Waals surface area contributed by atoms with Crippen LogP contribution < -0.4 is 5.73 Å². The lowest BCUT2D eigenvalue weighted by molar-refractivity contribution is -0.132. The number of rotatable bonds is 3. The number of amides is 2. The first-order valence-electron chi connectivity index (χ1n) is 9.92. The van der Waals surface area contributed by atoms with Crippen molar-refractivity contribution in [1.29, 1.82) is 0 Å². The smallest absolute Gasteiger partial charge is 0.254 e. The summed E-state index contributed by atoms with van der Waals surface area (Å²) in [5, 5.41) is 0. The van der Waals surface area contributed by atoms with Crippen LogP contribution in [0, 0.1) is 5.41 Å². The van der Waals surface area contributed by atoms with Crippen LogP contribution in [0.15, 0.2) is 54.6 Å². The van der Waals surface area contributed by atoms with E-state index in [4.69, 9.17) is 5.73 Å². The number of Topliss-reactive ketones (excluding diaryl/α,β-unsaturated/α-hetero) is 1. The zero-order valence-corrected chi connectivity index (χ0v) is 16.7. The summed E-state index contributed by atoms with van der Waals surface area (Å²) in [6, 6.07) is 15.0. The standard InChI is InChI=1S/C23H25N3O3/c1-3-26-18-13-25(22(29)19(24)15-9-5-4-6-10-15)14-23(18,2)20(27)16-11-7-8-12-17(16)21(26)28/h4-12,18-19H,3,13-14,24H2,1-2H3/t18-,19+,23+/m1/s1. The van der Waals surface area contributed by atoms with Crippen molar-refractivity contribution in [3.8, 4) is 0 Å². The molecule has 2 aromatic carbocycles. The van der Waals surface area contributed by atoms with Crippen molar-refractivity contribution >= 4 is 17.6 Å². The zero-order chi connectivity index (χ0) is 20.8. The van der Waals surface area contributed by atoms with Crippen molar-refractivity contribution in [2.75, 3.05) is 19.6 Å². The fourth-order valence-corrected chi connectivity index (χ4v) is 4.65. The Hall–Kier alpha value is -2.99. The summed E-state index contributed by atoms with van der Waals surface area (Å²) in [6.45, 7) is 4.77. The zero-order valence-electron chi connectivity index (χ0n) is 16.7. The van der Waals surface area contributed by atoms with Gasteiger partial charge in [-0.15, -0.1) is 0 Å². The molecule has 0 aromatic heterocycles. The number of nitrogens with zero attached hydrogens (tertiary/aromatic N) is 2. The number of benzene rings is 2. The second kappa shape index (κ2) is 7.12. The van der Waals surface area contributed by atoms with Crippen LogP contribution in [-0.4, -0.2) is 53.1 Å². The van der Waals surface area contributed by atoms with E-state index < -0.39 is 11.5 Å². The minimum absolute atomic E-state index is 0.0917. The van der Waals surface area contributed by atoms with Gasteiger partial charge in [0.25, 0.3) is 5.91 Å². The number of fused-ring (bicyclic) bond motifs is 2. The molecule has 2 heterocycles. The van der Waals surface area contributed by atoms with E-state index in [1.54, 1.807) is 34.1 Å². The second-order valence-corrected chi connectivity index (χ2v) is 8.01. The fourth-order valence-electron chi connectivity index (χ4n) is 4.65. The highest BCUT2D eigenvalue weighted by atomic mass is 16.2. The largest absolute Gasteiger partial charge is 0.338 e. The molecule has 0 spiro atoms. The summed E-state index contributed by atoms with van der Waals surface area (Å²) < 4.78 is 0. The van der Waals surface area contributed by atoms with Crippen LogP contribution in [0.25, 0.3) is 0 Å². The average molecular weight is 391 g/mol. The molecule has 1 saturated heterocycles. The van der Waals surface area contributed by atoms with E-state index in [9.17, 15) is 14.4 Å². The lowest BCUT2D eigenvalue weighted by Crippen LogP contribution is -2.49. The van der Waals surface area contributed by atoms with Crippen molar-refractivity contribution in [2.45, 2.75) is 25.9 Å². The molecule has 3 atom stereocenters. The Kier molecular flexibility index (Phi) is 4.74. The number of carbonyl (C=O) groups is 3. The summed E-state index contributed by atoms with van der Waals surface area (Å²) in [6.07, 6.45) is 0. The third-order valence-corrected chi connectivity index (χ3v) is 6.28. The highest BCUT2D eigenvalue weighted by molar-refractivity contribution is 6.12. The van der Waals surface area contributed by atoms with Gasteiger partial charge in [0, 0.05) is 25.2 Å². The molecule has 0 saturated carbocycles. The van der Waals surface area contributed by atoms with Gasteiger partial charge in [-0.1, -0.05) is 48.5 Å². The number of hydrogen-bond donors (Lipinski definition) is 1. The first-order valence-corrected chi connectivity index (χ1v) is 9.92. The predicted octanol–water partition coefficient (Wildman–Crippen LogP) is 2.26. The molecule has 0 bridgehead atoms. The van der Waals surface area contributed by atoms with Crippen molar-refractivity contribution in [1.82, 2.24) is 9.80 Å². The van der Waals surface area contributed by atoms with Gasteiger partial charge in [0.05, 0.1) is 17.0 Å². The average Bonchev–Trinajstić information content (AvgIpc) is 3.09. The summed E-state index contributed by atoms with van der Waals surface area (Å²) in [7, 11) is 0. The number of likely N-dealkylation sites (N-methyl/N-ethyl adjacent to an activating group) is 1. The van der Waals surface area contributed by atoms with E-state index in [1.807, 2.05) is 44.2 Å². The Balaban J connectivity index is 1.70. The monoisotopic (exact) mass is 391 g/mol. The minimum atomic E-state index is -0.871. The Labute approximate surface area is 170 Å². The fraction of sp³-hybridized carbons (Fsp3) is 0.348. The molecule has 29 heavy (non-hydrogen) atoms. The van der Waals surface area contributed by atoms with Gasteiger partial charge in [0.2, 0.25) is 5.91 Å². The van der Waals surface area contributed by atoms with Crippen LogP contribution >= 0.6 is 0 Å². The van der Waals surface area contributed by atoms with Crippen LogP contribution in [0.2, 0.25) is 0 Å². The van der Waals surface area contributed by atoms with Gasteiger partial charge < -0.3 is 15.5 Å². The first-order chi connectivity index (χ1) is 13.9. The van der Waals surface area contributed by atoms with Gasteiger partial charge >= 0.3 is 0 Å². The Morgan fingerprint density at radius 1 is 1.10 bits per heavy atom. The van der Waals surface area contributed by atoms with Crippen molar-refractivity contribution in [2.24, 2.45) is 11.1 Å². The van der Waals surface area contributed by atoms with E-state index in [0.29, 0.717) is 24.2 Å². The second-order valence-electron chi connectivity index (χ2n) is 8.01. The lowest BCUT2D eigenvalue weighted by atomic mass is 9.78. The predicted molar refractivity (Wildman–Crippen MR) is 109 cm³/mol. The quantitative estimate of drug-likeness (QED) is 0.870. The summed E-state index contributed by atoms with van der Waals surface area (Å²) in [5.41, 5.74) is 6.96. The van der Waals surface area contributed by atoms with Gasteiger partial charge in [0.1, 0.15) is 6.04 Å². The number of hydrogen-bond acceptors (Lipinski definition) is 4. The van der Waals surface area contributed by atoms with Gasteiger partial charge in [0.15, 0.2) is 5.78 Å². The van der Waals surface area contributed by atoms with Crippen LogP contribution in [0.3, 0.4) is 0 Å². The number of carbonyl (C=O) groups excluding carboxylic acids is 3. The molecule has 0 radical (unpaired) electrons. The van der Waals surface area contributed by atoms with Crippen LogP contribution in [0.4, 0.5) is 0 Å². The number of nitrogens with two attached hydrogens (primary N) is 1. The van der Waals surface area contributed by atoms with Gasteiger partial charge in [-0.05, 0) is 25.5 Å². The van der Waals surface area contributed by atoms with Crippen LogP contribution in [0.5, 0.6) is 0 Å². The highest BCUT2D eigenvalue weighted by Crippen LogP contribution is 2.41. The maximum Gasteiger partial charge on any atom is 0.254 e. The lowest BCUT2D eigenvalue weighted by Gasteiger charge is -2.34. The number of likely N-dealkylation sites (tertiary alicyclic amines) is 1. The Morgan fingerprint density at radius 2 is 1.72 bits per heavy atom. The van der Waals surface area contributed by atoms with Crippen LogP contribution in [0.1, 0.15) is 46.2 Å². The highest BCUT2D eigenvalue weighted by Gasteiger charge is 2.55. The van der Waals surface area contributed by atoms with E-state index in [0.717, 1.165) is 5.56 Å². The molecule has 4 rings (SSSR count). The molecule has 2 N–H and O–H groups in total. The molecular weight excluding hydrogens is 366 g/mol. The Morgan fingerprint density at radius 3 is 2.38 bits per heavy atom. The molecule has 6 nitrogen and oxygen atoms in total. The molecule has 2 amide bonds. The molecule has 2 aliphatic rings. The van der Waals surface area contributed by atoms with Gasteiger partial charge in [-0.25, -0.2) is 0 Å². The molecule has 6 heteroatoms. The third kappa shape index (κ3) is 2.95. The molecule has 2 aromatic rings. The first kappa shape index (κ1) is 19.3. The molecule has 150 valence electrons. The van der Waals surface area contributed by atoms with Crippen molar-refractivity contribution < 1.29 is 14.4 Å². The Bertz CT molecular complexity index is 974. The van der Waals surface area contributed by atoms with Crippen LogP contribution in [-0.2, 0) is 4.79 Å². The van der Waals surface area contributed by atoms with Gasteiger partial charge in [-0.2, -0.15) is 0 Å². The third-order valence-electron chi connectivity index (χ3n) is 6.28. The number of ketones is 1. The SMILES string of the molecule is CCN1C(=O)c2ccccc2C(=O)[C@@]2(C)CN(C(=O)[C@@H](N)c3ccccc3)C[C@@H]12. The molecule has 2 aliphatic heterocycles. The van der Waals surface area contributed by atoms with E-state index in [1.165, 1.54) is 0 Å².